The summed E-state index contributed by atoms with van der Waals surface area (Å²) < 4.78 is 15.3. The third-order valence-electron chi connectivity index (χ3n) is 1.99. The van der Waals surface area contributed by atoms with Gasteiger partial charge < -0.3 is 14.0 Å². The highest BCUT2D eigenvalue weighted by molar-refractivity contribution is 5.17. The van der Waals surface area contributed by atoms with Crippen LogP contribution in [0.1, 0.15) is 11.3 Å². The second-order valence-corrected chi connectivity index (χ2v) is 3.30. The van der Waals surface area contributed by atoms with Crippen molar-refractivity contribution in [2.24, 2.45) is 0 Å². The number of methoxy groups -OCH3 is 1. The zero-order valence-electron chi connectivity index (χ0n) is 9.14. The second-order valence-electron chi connectivity index (χ2n) is 3.30. The Morgan fingerprint density at radius 1 is 1.31 bits per heavy atom. The standard InChI is InChI=1S/C11H12N2O3/c1-8-3-4-10(12-6-8)15-7-9-5-11(14-2)13-16-9/h3-6H,7H2,1-2H3. The van der Waals surface area contributed by atoms with Gasteiger partial charge in [-0.2, -0.15) is 0 Å². The number of hydrogen-bond donors (Lipinski definition) is 0. The highest BCUT2D eigenvalue weighted by Gasteiger charge is 2.04. The summed E-state index contributed by atoms with van der Waals surface area (Å²) in [6.07, 6.45) is 1.75. The Bertz CT molecular complexity index is 451. The number of pyridine rings is 1. The van der Waals surface area contributed by atoms with E-state index in [2.05, 4.69) is 10.1 Å². The van der Waals surface area contributed by atoms with E-state index in [0.717, 1.165) is 5.56 Å². The van der Waals surface area contributed by atoms with Gasteiger partial charge in [0.15, 0.2) is 12.4 Å². The van der Waals surface area contributed by atoms with Gasteiger partial charge in [-0.25, -0.2) is 4.98 Å². The molecule has 5 nitrogen and oxygen atoms in total. The summed E-state index contributed by atoms with van der Waals surface area (Å²) in [4.78, 5) is 4.10. The summed E-state index contributed by atoms with van der Waals surface area (Å²) in [5.41, 5.74) is 1.09. The third-order valence-corrected chi connectivity index (χ3v) is 1.99. The molecule has 0 aliphatic carbocycles. The Morgan fingerprint density at radius 3 is 2.81 bits per heavy atom. The van der Waals surface area contributed by atoms with Crippen molar-refractivity contribution in [1.29, 1.82) is 0 Å². The molecule has 0 unspecified atom stereocenters. The van der Waals surface area contributed by atoms with Crippen LogP contribution >= 0.6 is 0 Å². The van der Waals surface area contributed by atoms with Crippen molar-refractivity contribution in [3.8, 4) is 11.8 Å². The number of hydrogen-bond acceptors (Lipinski definition) is 5. The monoisotopic (exact) mass is 220 g/mol. The topological polar surface area (TPSA) is 57.4 Å². The minimum Gasteiger partial charge on any atom is -0.479 e. The number of aromatic nitrogens is 2. The molecule has 84 valence electrons. The van der Waals surface area contributed by atoms with E-state index in [1.165, 1.54) is 7.11 Å². The van der Waals surface area contributed by atoms with Crippen LogP contribution < -0.4 is 9.47 Å². The molecule has 0 bridgehead atoms. The first-order valence-electron chi connectivity index (χ1n) is 4.83. The van der Waals surface area contributed by atoms with Crippen LogP contribution in [0.4, 0.5) is 0 Å². The van der Waals surface area contributed by atoms with E-state index in [-0.39, 0.29) is 6.61 Å². The van der Waals surface area contributed by atoms with Crippen molar-refractivity contribution in [3.63, 3.8) is 0 Å². The van der Waals surface area contributed by atoms with Crippen LogP contribution in [0.2, 0.25) is 0 Å². The fourth-order valence-corrected chi connectivity index (χ4v) is 1.14. The molecule has 0 N–H and O–H groups in total. The van der Waals surface area contributed by atoms with Crippen LogP contribution in [-0.4, -0.2) is 17.3 Å². The van der Waals surface area contributed by atoms with Gasteiger partial charge in [0.2, 0.25) is 5.88 Å². The van der Waals surface area contributed by atoms with E-state index in [1.54, 1.807) is 12.3 Å². The molecule has 0 spiro atoms. The molecule has 0 atom stereocenters. The zero-order chi connectivity index (χ0) is 11.4. The highest BCUT2D eigenvalue weighted by atomic mass is 16.5. The predicted octanol–water partition coefficient (Wildman–Crippen LogP) is 1.97. The van der Waals surface area contributed by atoms with Gasteiger partial charge >= 0.3 is 0 Å². The van der Waals surface area contributed by atoms with Gasteiger partial charge in [0.25, 0.3) is 5.88 Å². The Hall–Kier alpha value is -2.04. The van der Waals surface area contributed by atoms with Crippen LogP contribution in [0.5, 0.6) is 11.8 Å². The molecule has 0 radical (unpaired) electrons. The van der Waals surface area contributed by atoms with Crippen LogP contribution in [-0.2, 0) is 6.61 Å². The first kappa shape index (κ1) is 10.5. The molecule has 5 heteroatoms. The molecule has 2 rings (SSSR count). The number of ether oxygens (including phenoxy) is 2. The van der Waals surface area contributed by atoms with Gasteiger partial charge in [-0.3, -0.25) is 0 Å². The van der Waals surface area contributed by atoms with Crippen LogP contribution in [0.3, 0.4) is 0 Å². The van der Waals surface area contributed by atoms with E-state index >= 15 is 0 Å². The first-order chi connectivity index (χ1) is 7.78. The first-order valence-corrected chi connectivity index (χ1v) is 4.83. The van der Waals surface area contributed by atoms with E-state index in [9.17, 15) is 0 Å². The molecule has 0 amide bonds. The van der Waals surface area contributed by atoms with Gasteiger partial charge in [0.1, 0.15) is 0 Å². The molecule has 2 aromatic rings. The summed E-state index contributed by atoms with van der Waals surface area (Å²) in [5.74, 6) is 1.59. The normalized spacial score (nSPS) is 10.1. The maximum Gasteiger partial charge on any atom is 0.254 e. The summed E-state index contributed by atoms with van der Waals surface area (Å²) in [5, 5.41) is 3.66. The largest absolute Gasteiger partial charge is 0.479 e. The van der Waals surface area contributed by atoms with Crippen LogP contribution in [0.15, 0.2) is 28.9 Å². The molecule has 16 heavy (non-hydrogen) atoms. The van der Waals surface area contributed by atoms with Gasteiger partial charge in [-0.05, 0) is 17.6 Å². The summed E-state index contributed by atoms with van der Waals surface area (Å²) in [6.45, 7) is 2.25. The molecule has 0 aliphatic rings. The lowest BCUT2D eigenvalue weighted by molar-refractivity contribution is 0.237. The molecule has 0 fully saturated rings. The van der Waals surface area contributed by atoms with Crippen LogP contribution in [0, 0.1) is 6.92 Å². The van der Waals surface area contributed by atoms with Crippen molar-refractivity contribution >= 4 is 0 Å². The quantitative estimate of drug-likeness (QED) is 0.788. The average Bonchev–Trinajstić information content (AvgIpc) is 2.76. The lowest BCUT2D eigenvalue weighted by Gasteiger charge is -2.01. The van der Waals surface area contributed by atoms with Crippen molar-refractivity contribution in [3.05, 3.63) is 35.7 Å². The summed E-state index contributed by atoms with van der Waals surface area (Å²) in [7, 11) is 1.53. The number of rotatable bonds is 4. The minimum atomic E-state index is 0.284. The lowest BCUT2D eigenvalue weighted by Crippen LogP contribution is -1.95. The van der Waals surface area contributed by atoms with Crippen molar-refractivity contribution in [2.75, 3.05) is 7.11 Å². The Kier molecular flexibility index (Phi) is 3.05. The molecule has 0 aliphatic heterocycles. The lowest BCUT2D eigenvalue weighted by atomic mass is 10.3. The fourth-order valence-electron chi connectivity index (χ4n) is 1.14. The van der Waals surface area contributed by atoms with E-state index in [0.29, 0.717) is 17.5 Å². The molecule has 0 saturated heterocycles. The molecular weight excluding hydrogens is 208 g/mol. The second kappa shape index (κ2) is 4.65. The maximum atomic E-state index is 5.40. The maximum absolute atomic E-state index is 5.40. The summed E-state index contributed by atoms with van der Waals surface area (Å²) in [6, 6.07) is 5.42. The van der Waals surface area contributed by atoms with Crippen LogP contribution in [0.25, 0.3) is 0 Å². The van der Waals surface area contributed by atoms with Crippen molar-refractivity contribution < 1.29 is 14.0 Å². The Balaban J connectivity index is 1.94. The number of aryl methyl sites for hydroxylation is 1. The van der Waals surface area contributed by atoms with E-state index < -0.39 is 0 Å². The highest BCUT2D eigenvalue weighted by Crippen LogP contribution is 2.13. The Labute approximate surface area is 93.0 Å². The number of nitrogens with zero attached hydrogens (tertiary/aromatic N) is 2. The minimum absolute atomic E-state index is 0.284. The van der Waals surface area contributed by atoms with Crippen molar-refractivity contribution in [2.45, 2.75) is 13.5 Å². The fraction of sp³-hybridized carbons (Fsp3) is 0.273. The smallest absolute Gasteiger partial charge is 0.254 e. The van der Waals surface area contributed by atoms with E-state index in [1.807, 2.05) is 19.1 Å². The molecule has 2 heterocycles. The molecule has 0 aromatic carbocycles. The molecule has 0 saturated carbocycles. The SMILES string of the molecule is COc1cc(COc2ccc(C)cn2)on1. The zero-order valence-corrected chi connectivity index (χ0v) is 9.14. The third kappa shape index (κ3) is 2.50. The molecular formula is C11H12N2O3. The van der Waals surface area contributed by atoms with Gasteiger partial charge in [-0.15, -0.1) is 0 Å². The predicted molar refractivity (Wildman–Crippen MR) is 56.4 cm³/mol. The summed E-state index contributed by atoms with van der Waals surface area (Å²) >= 11 is 0. The van der Waals surface area contributed by atoms with Gasteiger partial charge in [-0.1, -0.05) is 6.07 Å². The van der Waals surface area contributed by atoms with E-state index in [4.69, 9.17) is 14.0 Å². The van der Waals surface area contributed by atoms with Gasteiger partial charge in [0, 0.05) is 18.3 Å². The van der Waals surface area contributed by atoms with Gasteiger partial charge in [0.05, 0.1) is 7.11 Å². The average molecular weight is 220 g/mol. The van der Waals surface area contributed by atoms with Crippen molar-refractivity contribution in [1.82, 2.24) is 10.1 Å². The Morgan fingerprint density at radius 2 is 2.19 bits per heavy atom. The molecule has 2 aromatic heterocycles.